The molecule has 0 heterocycles. The normalized spacial score (nSPS) is 11.3. The maximum absolute atomic E-state index is 6.08. The first-order valence-electron chi connectivity index (χ1n) is 9.96. The van der Waals surface area contributed by atoms with Crippen molar-refractivity contribution in [3.63, 3.8) is 0 Å². The van der Waals surface area contributed by atoms with E-state index in [1.54, 1.807) is 7.11 Å². The highest BCUT2D eigenvalue weighted by molar-refractivity contribution is 5.43. The first kappa shape index (κ1) is 20.0. The number of methoxy groups -OCH3 is 1. The van der Waals surface area contributed by atoms with E-state index >= 15 is 0 Å². The van der Waals surface area contributed by atoms with Crippen LogP contribution in [0, 0.1) is 6.92 Å². The SMILES string of the molecule is CCCc1ccc(Oc2ccc(C(C)(C)c3ccc(OC)cc3)cc2)cc1C. The Labute approximate surface area is 169 Å². The highest BCUT2D eigenvalue weighted by Crippen LogP contribution is 2.34. The van der Waals surface area contributed by atoms with Gasteiger partial charge in [0.2, 0.25) is 0 Å². The van der Waals surface area contributed by atoms with E-state index in [2.05, 4.69) is 82.3 Å². The fourth-order valence-corrected chi connectivity index (χ4v) is 3.53. The summed E-state index contributed by atoms with van der Waals surface area (Å²) in [5, 5.41) is 0. The number of benzene rings is 3. The van der Waals surface area contributed by atoms with Gasteiger partial charge < -0.3 is 9.47 Å². The minimum atomic E-state index is -0.0941. The molecule has 0 saturated heterocycles. The van der Waals surface area contributed by atoms with E-state index in [1.807, 2.05) is 12.1 Å². The predicted molar refractivity (Wildman–Crippen MR) is 117 cm³/mol. The summed E-state index contributed by atoms with van der Waals surface area (Å²) in [6.07, 6.45) is 2.27. The fraction of sp³-hybridized carbons (Fsp3) is 0.308. The van der Waals surface area contributed by atoms with Crippen LogP contribution in [-0.4, -0.2) is 7.11 Å². The second kappa shape index (κ2) is 8.52. The fourth-order valence-electron chi connectivity index (χ4n) is 3.53. The smallest absolute Gasteiger partial charge is 0.127 e. The molecule has 0 aromatic heterocycles. The molecule has 0 saturated carbocycles. The van der Waals surface area contributed by atoms with Gasteiger partial charge in [0.15, 0.2) is 0 Å². The van der Waals surface area contributed by atoms with Crippen LogP contribution in [0.2, 0.25) is 0 Å². The quantitative estimate of drug-likeness (QED) is 0.440. The summed E-state index contributed by atoms with van der Waals surface area (Å²) in [5.74, 6) is 2.62. The zero-order chi connectivity index (χ0) is 20.1. The van der Waals surface area contributed by atoms with Crippen LogP contribution in [0.4, 0.5) is 0 Å². The van der Waals surface area contributed by atoms with Gasteiger partial charge in [-0.15, -0.1) is 0 Å². The van der Waals surface area contributed by atoms with E-state index in [9.17, 15) is 0 Å². The molecule has 0 fully saturated rings. The lowest BCUT2D eigenvalue weighted by atomic mass is 9.78. The average Bonchev–Trinajstić information content (AvgIpc) is 2.70. The van der Waals surface area contributed by atoms with E-state index in [1.165, 1.54) is 22.3 Å². The number of aryl methyl sites for hydroxylation is 2. The van der Waals surface area contributed by atoms with Crippen LogP contribution in [0.5, 0.6) is 17.2 Å². The van der Waals surface area contributed by atoms with E-state index in [4.69, 9.17) is 9.47 Å². The molecule has 146 valence electrons. The molecule has 0 radical (unpaired) electrons. The average molecular weight is 375 g/mol. The van der Waals surface area contributed by atoms with Crippen molar-refractivity contribution >= 4 is 0 Å². The molecule has 3 rings (SSSR count). The lowest BCUT2D eigenvalue weighted by Crippen LogP contribution is -2.18. The molecule has 3 aromatic rings. The third-order valence-electron chi connectivity index (χ3n) is 5.46. The van der Waals surface area contributed by atoms with E-state index < -0.39 is 0 Å². The highest BCUT2D eigenvalue weighted by Gasteiger charge is 2.23. The lowest BCUT2D eigenvalue weighted by Gasteiger charge is -2.26. The zero-order valence-electron chi connectivity index (χ0n) is 17.6. The van der Waals surface area contributed by atoms with Crippen molar-refractivity contribution in [2.24, 2.45) is 0 Å². The summed E-state index contributed by atoms with van der Waals surface area (Å²) >= 11 is 0. The van der Waals surface area contributed by atoms with Gasteiger partial charge in [0, 0.05) is 5.41 Å². The Balaban J connectivity index is 1.76. The molecule has 0 atom stereocenters. The zero-order valence-corrected chi connectivity index (χ0v) is 17.6. The molecule has 2 nitrogen and oxygen atoms in total. The second-order valence-electron chi connectivity index (χ2n) is 7.82. The standard InChI is InChI=1S/C26H30O2/c1-6-7-20-8-13-25(18-19(20)2)28-24-16-11-22(12-17-24)26(3,4)21-9-14-23(27-5)15-10-21/h8-18H,6-7H2,1-5H3. The first-order valence-corrected chi connectivity index (χ1v) is 9.96. The molecular formula is C26H30O2. The van der Waals surface area contributed by atoms with Crippen molar-refractivity contribution in [1.29, 1.82) is 0 Å². The minimum Gasteiger partial charge on any atom is -0.497 e. The van der Waals surface area contributed by atoms with Gasteiger partial charge in [0.25, 0.3) is 0 Å². The molecule has 0 aliphatic heterocycles. The maximum atomic E-state index is 6.08. The summed E-state index contributed by atoms with van der Waals surface area (Å²) in [6.45, 7) is 8.83. The number of hydrogen-bond donors (Lipinski definition) is 0. The van der Waals surface area contributed by atoms with E-state index in [-0.39, 0.29) is 5.41 Å². The van der Waals surface area contributed by atoms with Crippen LogP contribution in [0.15, 0.2) is 66.7 Å². The van der Waals surface area contributed by atoms with Gasteiger partial charge in [-0.2, -0.15) is 0 Å². The van der Waals surface area contributed by atoms with Crippen molar-refractivity contribution in [3.05, 3.63) is 89.0 Å². The van der Waals surface area contributed by atoms with Gasteiger partial charge >= 0.3 is 0 Å². The molecule has 0 aliphatic rings. The van der Waals surface area contributed by atoms with E-state index in [0.717, 1.165) is 30.1 Å². The Bertz CT molecular complexity index is 906. The molecule has 0 bridgehead atoms. The third-order valence-corrected chi connectivity index (χ3v) is 5.46. The molecule has 0 N–H and O–H groups in total. The van der Waals surface area contributed by atoms with Crippen molar-refractivity contribution in [2.75, 3.05) is 7.11 Å². The van der Waals surface area contributed by atoms with Crippen LogP contribution in [0.1, 0.15) is 49.4 Å². The van der Waals surface area contributed by atoms with Gasteiger partial charge in [0.05, 0.1) is 7.11 Å². The summed E-state index contributed by atoms with van der Waals surface area (Å²) in [7, 11) is 1.69. The Kier molecular flexibility index (Phi) is 6.08. The van der Waals surface area contributed by atoms with Crippen molar-refractivity contribution in [3.8, 4) is 17.2 Å². The highest BCUT2D eigenvalue weighted by atomic mass is 16.5. The maximum Gasteiger partial charge on any atom is 0.127 e. The topological polar surface area (TPSA) is 18.5 Å². The van der Waals surface area contributed by atoms with E-state index in [0.29, 0.717) is 0 Å². The number of rotatable bonds is 7. The molecule has 3 aromatic carbocycles. The summed E-state index contributed by atoms with van der Waals surface area (Å²) < 4.78 is 11.4. The van der Waals surface area contributed by atoms with Crippen LogP contribution in [0.3, 0.4) is 0 Å². The molecule has 0 aliphatic carbocycles. The summed E-state index contributed by atoms with van der Waals surface area (Å²) in [4.78, 5) is 0. The van der Waals surface area contributed by atoms with Crippen molar-refractivity contribution in [1.82, 2.24) is 0 Å². The molecule has 2 heteroatoms. The molecule has 0 unspecified atom stereocenters. The van der Waals surface area contributed by atoms with Crippen LogP contribution >= 0.6 is 0 Å². The lowest BCUT2D eigenvalue weighted by molar-refractivity contribution is 0.414. The first-order chi connectivity index (χ1) is 13.4. The van der Waals surface area contributed by atoms with Crippen molar-refractivity contribution < 1.29 is 9.47 Å². The Morgan fingerprint density at radius 1 is 0.750 bits per heavy atom. The van der Waals surface area contributed by atoms with Gasteiger partial charge in [-0.25, -0.2) is 0 Å². The molecule has 0 spiro atoms. The number of hydrogen-bond acceptors (Lipinski definition) is 2. The van der Waals surface area contributed by atoms with Crippen LogP contribution < -0.4 is 9.47 Å². The Morgan fingerprint density at radius 2 is 1.29 bits per heavy atom. The molecule has 28 heavy (non-hydrogen) atoms. The van der Waals surface area contributed by atoms with Gasteiger partial charge in [0.1, 0.15) is 17.2 Å². The largest absolute Gasteiger partial charge is 0.497 e. The van der Waals surface area contributed by atoms with Gasteiger partial charge in [-0.3, -0.25) is 0 Å². The van der Waals surface area contributed by atoms with Gasteiger partial charge in [-0.05, 0) is 72.0 Å². The summed E-state index contributed by atoms with van der Waals surface area (Å²) in [5.41, 5.74) is 5.09. The number of ether oxygens (including phenoxy) is 2. The predicted octanol–water partition coefficient (Wildman–Crippen LogP) is 7.07. The third kappa shape index (κ3) is 4.39. The Morgan fingerprint density at radius 3 is 1.79 bits per heavy atom. The van der Waals surface area contributed by atoms with Crippen LogP contribution in [-0.2, 0) is 11.8 Å². The minimum absolute atomic E-state index is 0.0941. The summed E-state index contributed by atoms with van der Waals surface area (Å²) in [6, 6.07) is 23.1. The molecular weight excluding hydrogens is 344 g/mol. The van der Waals surface area contributed by atoms with Crippen molar-refractivity contribution in [2.45, 2.75) is 46.0 Å². The molecule has 0 amide bonds. The second-order valence-corrected chi connectivity index (χ2v) is 7.82. The van der Waals surface area contributed by atoms with Crippen LogP contribution in [0.25, 0.3) is 0 Å². The van der Waals surface area contributed by atoms with Gasteiger partial charge in [-0.1, -0.05) is 57.5 Å². The Hall–Kier alpha value is -2.74. The monoisotopic (exact) mass is 374 g/mol.